The van der Waals surface area contributed by atoms with E-state index in [-0.39, 0.29) is 0 Å². The summed E-state index contributed by atoms with van der Waals surface area (Å²) in [5, 5.41) is 0. The third-order valence-corrected chi connectivity index (χ3v) is 11.3. The number of fused-ring (bicyclic) bond motifs is 2. The van der Waals surface area contributed by atoms with Crippen molar-refractivity contribution in [1.82, 2.24) is 9.97 Å². The predicted molar refractivity (Wildman–Crippen MR) is 178 cm³/mol. The number of oxazole rings is 2. The van der Waals surface area contributed by atoms with Gasteiger partial charge in [-0.25, -0.2) is 9.97 Å². The van der Waals surface area contributed by atoms with E-state index in [1.807, 2.05) is 12.1 Å². The zero-order valence-corrected chi connectivity index (χ0v) is 28.3. The number of halogens is 2. The molecule has 0 aliphatic heterocycles. The minimum atomic E-state index is 0.657. The second-order valence-electron chi connectivity index (χ2n) is 10.7. The van der Waals surface area contributed by atoms with Crippen molar-refractivity contribution in [2.45, 2.75) is 104 Å². The molecule has 0 amide bonds. The van der Waals surface area contributed by atoms with Crippen molar-refractivity contribution in [2.24, 2.45) is 0 Å². The molecule has 0 saturated heterocycles. The lowest BCUT2D eigenvalue weighted by atomic mass is 10.1. The van der Waals surface area contributed by atoms with Gasteiger partial charge in [0.15, 0.2) is 11.2 Å². The van der Waals surface area contributed by atoms with Gasteiger partial charge in [-0.05, 0) is 86.9 Å². The van der Waals surface area contributed by atoms with Gasteiger partial charge < -0.3 is 8.83 Å². The molecule has 0 fully saturated rings. The number of nitrogens with zero attached hydrogens (tertiary/aromatic N) is 2. The van der Waals surface area contributed by atoms with E-state index < -0.39 is 0 Å². The van der Waals surface area contributed by atoms with Crippen molar-refractivity contribution in [3.63, 3.8) is 0 Å². The highest BCUT2D eigenvalue weighted by atomic mass is 79.9. The molecule has 214 valence electrons. The molecule has 4 heterocycles. The third-order valence-electron chi connectivity index (χ3n) is 7.43. The van der Waals surface area contributed by atoms with Gasteiger partial charge >= 0.3 is 0 Å². The van der Waals surface area contributed by atoms with Crippen LogP contribution in [0.3, 0.4) is 0 Å². The highest BCUT2D eigenvalue weighted by Gasteiger charge is 2.18. The summed E-state index contributed by atoms with van der Waals surface area (Å²) < 4.78 is 14.8. The molecular formula is C32H38Br2N2O2S2. The van der Waals surface area contributed by atoms with Gasteiger partial charge in [0.2, 0.25) is 11.8 Å². The Morgan fingerprint density at radius 3 is 1.45 bits per heavy atom. The normalized spacial score (nSPS) is 11.9. The Balaban J connectivity index is 1.25. The maximum atomic E-state index is 6.20. The van der Waals surface area contributed by atoms with Crippen LogP contribution in [0.5, 0.6) is 0 Å². The standard InChI is InChI=1S/C32H38Br2N2O2S2/c1-3-5-7-9-11-13-15-21-17-27(39-29(21)33)31-35-23-19-24-26(20-25(23)37-31)38-32(36-24)28-18-22(30(34)40-28)16-14-12-10-8-6-4-2/h17-20H,3-16H2,1-2H3. The second kappa shape index (κ2) is 14.6. The van der Waals surface area contributed by atoms with Gasteiger partial charge in [-0.2, -0.15) is 0 Å². The van der Waals surface area contributed by atoms with Gasteiger partial charge in [0, 0.05) is 6.07 Å². The van der Waals surface area contributed by atoms with Crippen molar-refractivity contribution < 1.29 is 8.83 Å². The van der Waals surface area contributed by atoms with Gasteiger partial charge in [0.1, 0.15) is 11.0 Å². The molecule has 0 aliphatic rings. The van der Waals surface area contributed by atoms with Crippen molar-refractivity contribution in [1.29, 1.82) is 0 Å². The first-order valence-corrected chi connectivity index (χ1v) is 18.1. The molecule has 0 spiro atoms. The number of thiophene rings is 2. The van der Waals surface area contributed by atoms with Crippen LogP contribution in [0.4, 0.5) is 0 Å². The molecule has 0 N–H and O–H groups in total. The summed E-state index contributed by atoms with van der Waals surface area (Å²) in [6.45, 7) is 4.52. The van der Waals surface area contributed by atoms with Crippen molar-refractivity contribution in [3.8, 4) is 21.5 Å². The molecule has 0 atom stereocenters. The van der Waals surface area contributed by atoms with Gasteiger partial charge in [-0.1, -0.05) is 78.1 Å². The van der Waals surface area contributed by atoms with E-state index in [2.05, 4.69) is 57.8 Å². The first-order chi connectivity index (χ1) is 19.6. The summed E-state index contributed by atoms with van der Waals surface area (Å²) in [4.78, 5) is 11.7. The lowest BCUT2D eigenvalue weighted by Gasteiger charge is -2.00. The summed E-state index contributed by atoms with van der Waals surface area (Å²) in [5.74, 6) is 1.31. The van der Waals surface area contributed by atoms with Gasteiger partial charge in [0.05, 0.1) is 17.3 Å². The van der Waals surface area contributed by atoms with Crippen LogP contribution in [0, 0.1) is 0 Å². The molecule has 5 aromatic rings. The first kappa shape index (κ1) is 30.0. The van der Waals surface area contributed by atoms with Crippen LogP contribution < -0.4 is 0 Å². The van der Waals surface area contributed by atoms with Crippen molar-refractivity contribution >= 4 is 76.7 Å². The lowest BCUT2D eigenvalue weighted by molar-refractivity contribution is 0.606. The van der Waals surface area contributed by atoms with E-state index in [1.54, 1.807) is 22.7 Å². The summed E-state index contributed by atoms with van der Waals surface area (Å²) in [7, 11) is 0. The van der Waals surface area contributed by atoms with E-state index >= 15 is 0 Å². The maximum absolute atomic E-state index is 6.20. The molecule has 5 rings (SSSR count). The molecule has 0 aliphatic carbocycles. The number of rotatable bonds is 16. The highest BCUT2D eigenvalue weighted by Crippen LogP contribution is 2.40. The summed E-state index contributed by atoms with van der Waals surface area (Å²) in [6, 6.07) is 8.36. The molecule has 8 heteroatoms. The number of aromatic nitrogens is 2. The van der Waals surface area contributed by atoms with Crippen LogP contribution in [-0.2, 0) is 12.8 Å². The fraction of sp³-hybridized carbons (Fsp3) is 0.500. The largest absolute Gasteiger partial charge is 0.435 e. The van der Waals surface area contributed by atoms with E-state index in [0.717, 1.165) is 44.8 Å². The Morgan fingerprint density at radius 1 is 0.575 bits per heavy atom. The highest BCUT2D eigenvalue weighted by molar-refractivity contribution is 9.11. The fourth-order valence-corrected chi connectivity index (χ4v) is 8.51. The van der Waals surface area contributed by atoms with Crippen molar-refractivity contribution in [3.05, 3.63) is 43.0 Å². The molecule has 0 radical (unpaired) electrons. The Hall–Kier alpha value is -1.48. The van der Waals surface area contributed by atoms with Crippen LogP contribution in [0.1, 0.15) is 102 Å². The van der Waals surface area contributed by atoms with Crippen LogP contribution >= 0.6 is 54.5 Å². The van der Waals surface area contributed by atoms with Crippen LogP contribution in [0.15, 0.2) is 40.7 Å². The van der Waals surface area contributed by atoms with Gasteiger partial charge in [-0.15, -0.1) is 22.7 Å². The van der Waals surface area contributed by atoms with E-state index in [4.69, 9.17) is 18.8 Å². The molecule has 4 nitrogen and oxygen atoms in total. The summed E-state index contributed by atoms with van der Waals surface area (Å²) in [6.07, 6.45) is 17.8. The molecule has 0 bridgehead atoms. The van der Waals surface area contributed by atoms with Crippen LogP contribution in [0.25, 0.3) is 43.7 Å². The Morgan fingerprint density at radius 2 is 1.00 bits per heavy atom. The van der Waals surface area contributed by atoms with Crippen LogP contribution in [-0.4, -0.2) is 9.97 Å². The van der Waals surface area contributed by atoms with E-state index in [1.165, 1.54) is 95.7 Å². The molecule has 0 unspecified atom stereocenters. The van der Waals surface area contributed by atoms with E-state index in [0.29, 0.717) is 11.8 Å². The SMILES string of the molecule is CCCCCCCCc1cc(-c2nc3cc4nc(-c5cc(CCCCCCCC)c(Br)s5)oc4cc3o2)sc1Br. The minimum absolute atomic E-state index is 0.657. The number of hydrogen-bond acceptors (Lipinski definition) is 6. The van der Waals surface area contributed by atoms with E-state index in [9.17, 15) is 0 Å². The monoisotopic (exact) mass is 704 g/mol. The number of benzene rings is 1. The Bertz CT molecular complexity index is 1370. The topological polar surface area (TPSA) is 52.1 Å². The van der Waals surface area contributed by atoms with Gasteiger partial charge in [-0.3, -0.25) is 0 Å². The Labute approximate surface area is 262 Å². The third kappa shape index (κ3) is 7.47. The molecule has 0 saturated carbocycles. The molecular weight excluding hydrogens is 668 g/mol. The fourth-order valence-electron chi connectivity index (χ4n) is 5.12. The number of unbranched alkanes of at least 4 members (excludes halogenated alkanes) is 10. The lowest BCUT2D eigenvalue weighted by Crippen LogP contribution is -1.84. The maximum Gasteiger partial charge on any atom is 0.237 e. The zero-order valence-electron chi connectivity index (χ0n) is 23.5. The summed E-state index contributed by atoms with van der Waals surface area (Å²) >= 11 is 10.9. The number of aryl methyl sites for hydroxylation is 2. The average molecular weight is 707 g/mol. The molecule has 1 aromatic carbocycles. The van der Waals surface area contributed by atoms with Gasteiger partial charge in [0.25, 0.3) is 0 Å². The van der Waals surface area contributed by atoms with Crippen LogP contribution in [0.2, 0.25) is 0 Å². The quantitative estimate of drug-likeness (QED) is 0.0959. The first-order valence-electron chi connectivity index (χ1n) is 14.8. The smallest absolute Gasteiger partial charge is 0.237 e. The average Bonchev–Trinajstić information content (AvgIpc) is 3.72. The molecule has 40 heavy (non-hydrogen) atoms. The Kier molecular flexibility index (Phi) is 11.0. The zero-order chi connectivity index (χ0) is 27.9. The predicted octanol–water partition coefficient (Wildman–Crippen LogP) is 12.8. The molecule has 4 aromatic heterocycles. The number of hydrogen-bond donors (Lipinski definition) is 0. The second-order valence-corrected chi connectivity index (χ2v) is 15.4. The van der Waals surface area contributed by atoms with Crippen molar-refractivity contribution in [2.75, 3.05) is 0 Å². The summed E-state index contributed by atoms with van der Waals surface area (Å²) in [5.41, 5.74) is 5.75. The minimum Gasteiger partial charge on any atom is -0.435 e.